The maximum atomic E-state index is 12.5. The summed E-state index contributed by atoms with van der Waals surface area (Å²) in [4.78, 5) is 12.5. The number of carbonyl (C=O) groups excluding carboxylic acids is 1. The topological polar surface area (TPSA) is 82.2 Å². The molecule has 0 fully saturated rings. The Labute approximate surface area is 190 Å². The molecule has 0 saturated heterocycles. The molecule has 7 nitrogen and oxygen atoms in total. The Morgan fingerprint density at radius 2 is 1.88 bits per heavy atom. The molecule has 4 aromatic rings. The maximum absolute atomic E-state index is 12.5. The number of aromatic nitrogens is 3. The van der Waals surface area contributed by atoms with Gasteiger partial charge in [-0.3, -0.25) is 9.36 Å². The molecule has 0 radical (unpaired) electrons. The van der Waals surface area contributed by atoms with Gasteiger partial charge in [0.2, 0.25) is 5.91 Å². The molecular weight excluding hydrogens is 424 g/mol. The van der Waals surface area contributed by atoms with Gasteiger partial charge in [0.05, 0.1) is 30.7 Å². The molecular formula is C24H24N4O3S. The first-order valence-electron chi connectivity index (χ1n) is 10.2. The molecule has 2 heterocycles. The number of amides is 1. The van der Waals surface area contributed by atoms with Gasteiger partial charge in [0.1, 0.15) is 11.5 Å². The number of nitrogens with one attached hydrogen (secondary N) is 1. The van der Waals surface area contributed by atoms with Crippen LogP contribution in [0.4, 0.5) is 5.69 Å². The number of anilines is 1. The fourth-order valence-electron chi connectivity index (χ4n) is 3.41. The van der Waals surface area contributed by atoms with E-state index in [-0.39, 0.29) is 17.7 Å². The Balaban J connectivity index is 1.56. The lowest BCUT2D eigenvalue weighted by atomic mass is 10.1. The van der Waals surface area contributed by atoms with Crippen molar-refractivity contribution in [3.8, 4) is 17.1 Å². The molecule has 0 aliphatic heterocycles. The summed E-state index contributed by atoms with van der Waals surface area (Å²) in [5.74, 6) is 2.31. The Morgan fingerprint density at radius 3 is 2.53 bits per heavy atom. The molecule has 2 aromatic heterocycles. The van der Waals surface area contributed by atoms with E-state index in [1.54, 1.807) is 37.6 Å². The van der Waals surface area contributed by atoms with Crippen LogP contribution in [-0.4, -0.2) is 33.5 Å². The summed E-state index contributed by atoms with van der Waals surface area (Å²) in [6.45, 7) is 4.00. The fourth-order valence-corrected chi connectivity index (χ4v) is 4.22. The van der Waals surface area contributed by atoms with Crippen LogP contribution in [0.15, 0.2) is 76.5 Å². The van der Waals surface area contributed by atoms with E-state index in [0.29, 0.717) is 16.7 Å². The van der Waals surface area contributed by atoms with Crippen molar-refractivity contribution < 1.29 is 13.9 Å². The molecule has 0 unspecified atom stereocenters. The second-order valence-electron chi connectivity index (χ2n) is 7.22. The molecule has 8 heteroatoms. The molecule has 0 spiro atoms. The Hall–Kier alpha value is -3.52. The fraction of sp³-hybridized carbons (Fsp3) is 0.208. The Morgan fingerprint density at radius 1 is 1.12 bits per heavy atom. The van der Waals surface area contributed by atoms with Gasteiger partial charge in [0.25, 0.3) is 0 Å². The van der Waals surface area contributed by atoms with Crippen molar-refractivity contribution in [3.63, 3.8) is 0 Å². The average molecular weight is 449 g/mol. The van der Waals surface area contributed by atoms with E-state index >= 15 is 0 Å². The van der Waals surface area contributed by atoms with E-state index in [1.165, 1.54) is 11.8 Å². The lowest BCUT2D eigenvalue weighted by Gasteiger charge is -2.18. The van der Waals surface area contributed by atoms with Gasteiger partial charge < -0.3 is 14.5 Å². The summed E-state index contributed by atoms with van der Waals surface area (Å²) in [7, 11) is 1.61. The first-order valence-corrected chi connectivity index (χ1v) is 11.2. The van der Waals surface area contributed by atoms with Crippen LogP contribution in [0.2, 0.25) is 0 Å². The van der Waals surface area contributed by atoms with Crippen LogP contribution in [0.25, 0.3) is 11.4 Å². The van der Waals surface area contributed by atoms with Gasteiger partial charge in [-0.15, -0.1) is 10.2 Å². The second kappa shape index (κ2) is 9.74. The Bertz CT molecular complexity index is 1190. The van der Waals surface area contributed by atoms with E-state index in [0.717, 1.165) is 22.6 Å². The van der Waals surface area contributed by atoms with Crippen molar-refractivity contribution in [1.82, 2.24) is 14.8 Å². The van der Waals surface area contributed by atoms with Crippen LogP contribution in [0.3, 0.4) is 0 Å². The van der Waals surface area contributed by atoms with Gasteiger partial charge in [0, 0.05) is 5.69 Å². The number of hydrogen-bond donors (Lipinski definition) is 1. The molecule has 1 N–H and O–H groups in total. The molecule has 2 aromatic carbocycles. The highest BCUT2D eigenvalue weighted by Crippen LogP contribution is 2.32. The predicted molar refractivity (Wildman–Crippen MR) is 125 cm³/mol. The molecule has 164 valence electrons. The predicted octanol–water partition coefficient (Wildman–Crippen LogP) is 5.20. The molecule has 4 rings (SSSR count). The van der Waals surface area contributed by atoms with Crippen molar-refractivity contribution in [2.45, 2.75) is 25.0 Å². The van der Waals surface area contributed by atoms with E-state index in [4.69, 9.17) is 9.15 Å². The van der Waals surface area contributed by atoms with E-state index in [9.17, 15) is 4.79 Å². The zero-order valence-corrected chi connectivity index (χ0v) is 18.9. The number of thioether (sulfide) groups is 1. The number of hydrogen-bond acceptors (Lipinski definition) is 6. The minimum Gasteiger partial charge on any atom is -0.497 e. The zero-order valence-electron chi connectivity index (χ0n) is 18.1. The standard InChI is InChI=1S/C24H24N4O3S/c1-16(18-7-5-4-6-8-18)28-23(21-13-14-31-17(21)2)26-27-24(28)32-15-22(29)25-19-9-11-20(30-3)12-10-19/h4-14,16H,15H2,1-3H3,(H,25,29)/t16-/m0/s1. The van der Waals surface area contributed by atoms with Crippen molar-refractivity contribution in [1.29, 1.82) is 0 Å². The number of benzene rings is 2. The monoisotopic (exact) mass is 448 g/mol. The van der Waals surface area contributed by atoms with Crippen molar-refractivity contribution >= 4 is 23.4 Å². The van der Waals surface area contributed by atoms with Gasteiger partial charge in [0.15, 0.2) is 11.0 Å². The normalized spacial score (nSPS) is 11.8. The van der Waals surface area contributed by atoms with Crippen LogP contribution in [0.1, 0.15) is 24.3 Å². The number of aryl methyl sites for hydroxylation is 1. The first kappa shape index (κ1) is 21.7. The molecule has 0 aliphatic carbocycles. The van der Waals surface area contributed by atoms with Gasteiger partial charge in [-0.1, -0.05) is 42.1 Å². The highest BCUT2D eigenvalue weighted by atomic mass is 32.2. The smallest absolute Gasteiger partial charge is 0.234 e. The van der Waals surface area contributed by atoms with Gasteiger partial charge in [-0.05, 0) is 49.7 Å². The molecule has 0 saturated carbocycles. The highest BCUT2D eigenvalue weighted by molar-refractivity contribution is 7.99. The van der Waals surface area contributed by atoms with E-state index in [1.807, 2.05) is 31.2 Å². The number of furan rings is 1. The SMILES string of the molecule is COc1ccc(NC(=O)CSc2nnc(-c3ccoc3C)n2[C@@H](C)c2ccccc2)cc1. The minimum atomic E-state index is -0.122. The van der Waals surface area contributed by atoms with E-state index in [2.05, 4.69) is 39.1 Å². The molecule has 32 heavy (non-hydrogen) atoms. The largest absolute Gasteiger partial charge is 0.497 e. The number of methoxy groups -OCH3 is 1. The van der Waals surface area contributed by atoms with Gasteiger partial charge in [-0.25, -0.2) is 0 Å². The minimum absolute atomic E-state index is 0.0253. The lowest BCUT2D eigenvalue weighted by molar-refractivity contribution is -0.113. The third-order valence-corrected chi connectivity index (χ3v) is 6.08. The third kappa shape index (κ3) is 4.70. The molecule has 0 bridgehead atoms. The van der Waals surface area contributed by atoms with Crippen LogP contribution in [0.5, 0.6) is 5.75 Å². The van der Waals surface area contributed by atoms with Crippen LogP contribution >= 0.6 is 11.8 Å². The van der Waals surface area contributed by atoms with Crippen LogP contribution in [-0.2, 0) is 4.79 Å². The quantitative estimate of drug-likeness (QED) is 0.373. The van der Waals surface area contributed by atoms with Crippen LogP contribution < -0.4 is 10.1 Å². The summed E-state index contributed by atoms with van der Waals surface area (Å²) in [5, 5.41) is 12.4. The van der Waals surface area contributed by atoms with Crippen molar-refractivity contribution in [3.05, 3.63) is 78.3 Å². The third-order valence-electron chi connectivity index (χ3n) is 5.14. The number of nitrogens with zero attached hydrogens (tertiary/aromatic N) is 3. The summed E-state index contributed by atoms with van der Waals surface area (Å²) >= 11 is 1.35. The molecule has 0 aliphatic rings. The average Bonchev–Trinajstić information content (AvgIpc) is 3.44. The molecule has 1 amide bonds. The lowest BCUT2D eigenvalue weighted by Crippen LogP contribution is -2.15. The maximum Gasteiger partial charge on any atom is 0.234 e. The van der Waals surface area contributed by atoms with Crippen molar-refractivity contribution in [2.24, 2.45) is 0 Å². The van der Waals surface area contributed by atoms with Crippen molar-refractivity contribution in [2.75, 3.05) is 18.2 Å². The molecule has 1 atom stereocenters. The Kier molecular flexibility index (Phi) is 6.61. The summed E-state index contributed by atoms with van der Waals surface area (Å²) in [6, 6.07) is 19.2. The van der Waals surface area contributed by atoms with Gasteiger partial charge >= 0.3 is 0 Å². The number of rotatable bonds is 8. The van der Waals surface area contributed by atoms with Gasteiger partial charge in [-0.2, -0.15) is 0 Å². The number of carbonyl (C=O) groups is 1. The number of ether oxygens (including phenoxy) is 1. The van der Waals surface area contributed by atoms with E-state index < -0.39 is 0 Å². The highest BCUT2D eigenvalue weighted by Gasteiger charge is 2.23. The first-order chi connectivity index (χ1) is 15.6. The van der Waals surface area contributed by atoms with Crippen LogP contribution in [0, 0.1) is 6.92 Å². The summed E-state index contributed by atoms with van der Waals surface area (Å²) < 4.78 is 12.7. The summed E-state index contributed by atoms with van der Waals surface area (Å²) in [5.41, 5.74) is 2.72. The zero-order chi connectivity index (χ0) is 22.5. The summed E-state index contributed by atoms with van der Waals surface area (Å²) in [6.07, 6.45) is 1.64. The second-order valence-corrected chi connectivity index (χ2v) is 8.16.